The lowest BCUT2D eigenvalue weighted by Crippen LogP contribution is -2.40. The molecule has 1 nitrogen and oxygen atoms in total. The van der Waals surface area contributed by atoms with Gasteiger partial charge in [0.2, 0.25) is 0 Å². The molecule has 0 aromatic carbocycles. The molecule has 102 valence electrons. The van der Waals surface area contributed by atoms with E-state index in [9.17, 15) is 0 Å². The molecule has 0 spiro atoms. The van der Waals surface area contributed by atoms with Crippen LogP contribution in [0.4, 0.5) is 0 Å². The van der Waals surface area contributed by atoms with E-state index in [-0.39, 0.29) is 0 Å². The third kappa shape index (κ3) is 2.99. The van der Waals surface area contributed by atoms with Crippen molar-refractivity contribution in [1.29, 1.82) is 0 Å². The van der Waals surface area contributed by atoms with Gasteiger partial charge in [-0.05, 0) is 56.3 Å². The summed E-state index contributed by atoms with van der Waals surface area (Å²) < 4.78 is 0. The predicted octanol–water partition coefficient (Wildman–Crippen LogP) is 4.24. The number of piperidine rings is 1. The molecule has 0 radical (unpaired) electrons. The fourth-order valence-electron chi connectivity index (χ4n) is 4.17. The predicted molar refractivity (Wildman–Crippen MR) is 77.6 cm³/mol. The van der Waals surface area contributed by atoms with Gasteiger partial charge in [0.25, 0.3) is 0 Å². The number of fused-ring (bicyclic) bond motifs is 1. The summed E-state index contributed by atoms with van der Waals surface area (Å²) in [5.41, 5.74) is 0. The molecule has 1 saturated carbocycles. The SMILES string of the molecule is CCCCC1CC2CC2N(CC2CC=CCC2)C1. The maximum atomic E-state index is 2.87. The van der Waals surface area contributed by atoms with Gasteiger partial charge >= 0.3 is 0 Å². The first-order chi connectivity index (χ1) is 8.86. The molecule has 3 rings (SSSR count). The number of nitrogens with zero attached hydrogens (tertiary/aromatic N) is 1. The summed E-state index contributed by atoms with van der Waals surface area (Å²) >= 11 is 0. The van der Waals surface area contributed by atoms with Crippen LogP contribution in [-0.4, -0.2) is 24.0 Å². The van der Waals surface area contributed by atoms with E-state index in [0.717, 1.165) is 23.8 Å². The number of hydrogen-bond donors (Lipinski definition) is 0. The number of unbranched alkanes of at least 4 members (excludes halogenated alkanes) is 1. The molecule has 0 N–H and O–H groups in total. The van der Waals surface area contributed by atoms with Crippen molar-refractivity contribution in [3.63, 3.8) is 0 Å². The number of allylic oxidation sites excluding steroid dienone is 2. The molecule has 4 atom stereocenters. The van der Waals surface area contributed by atoms with Gasteiger partial charge in [-0.3, -0.25) is 4.90 Å². The molecule has 1 heteroatoms. The minimum atomic E-state index is 0.959. The van der Waals surface area contributed by atoms with Gasteiger partial charge in [0.1, 0.15) is 0 Å². The maximum absolute atomic E-state index is 2.87. The second-order valence-electron chi connectivity index (χ2n) is 6.91. The Morgan fingerprint density at radius 3 is 2.89 bits per heavy atom. The lowest BCUT2D eigenvalue weighted by molar-refractivity contribution is 0.133. The molecular weight excluding hydrogens is 218 g/mol. The Morgan fingerprint density at radius 2 is 2.11 bits per heavy atom. The van der Waals surface area contributed by atoms with Crippen molar-refractivity contribution in [2.24, 2.45) is 17.8 Å². The molecule has 0 amide bonds. The summed E-state index contributed by atoms with van der Waals surface area (Å²) in [7, 11) is 0. The molecule has 2 aliphatic carbocycles. The zero-order chi connectivity index (χ0) is 12.4. The van der Waals surface area contributed by atoms with E-state index in [2.05, 4.69) is 24.0 Å². The monoisotopic (exact) mass is 247 g/mol. The van der Waals surface area contributed by atoms with Crippen LogP contribution in [0, 0.1) is 17.8 Å². The van der Waals surface area contributed by atoms with Crippen LogP contribution >= 0.6 is 0 Å². The molecule has 0 bridgehead atoms. The van der Waals surface area contributed by atoms with Gasteiger partial charge in [-0.25, -0.2) is 0 Å². The number of likely N-dealkylation sites (tertiary alicyclic amines) is 1. The smallest absolute Gasteiger partial charge is 0.0128 e. The topological polar surface area (TPSA) is 3.24 Å². The third-order valence-electron chi connectivity index (χ3n) is 5.32. The highest BCUT2D eigenvalue weighted by Gasteiger charge is 2.46. The fraction of sp³-hybridized carbons (Fsp3) is 0.882. The van der Waals surface area contributed by atoms with Crippen LogP contribution in [0.15, 0.2) is 12.2 Å². The minimum Gasteiger partial charge on any atom is -0.300 e. The van der Waals surface area contributed by atoms with Gasteiger partial charge in [-0.1, -0.05) is 31.9 Å². The highest BCUT2D eigenvalue weighted by Crippen LogP contribution is 2.46. The first kappa shape index (κ1) is 12.7. The van der Waals surface area contributed by atoms with E-state index in [1.54, 1.807) is 6.42 Å². The molecule has 4 unspecified atom stereocenters. The average molecular weight is 247 g/mol. The highest BCUT2D eigenvalue weighted by molar-refractivity contribution is 5.02. The van der Waals surface area contributed by atoms with Crippen molar-refractivity contribution in [1.82, 2.24) is 4.90 Å². The van der Waals surface area contributed by atoms with E-state index in [1.807, 2.05) is 0 Å². The molecule has 0 aromatic rings. The largest absolute Gasteiger partial charge is 0.300 e. The van der Waals surface area contributed by atoms with Crippen molar-refractivity contribution in [3.05, 3.63) is 12.2 Å². The molecular formula is C17H29N. The number of rotatable bonds is 5. The van der Waals surface area contributed by atoms with Gasteiger partial charge in [-0.2, -0.15) is 0 Å². The quantitative estimate of drug-likeness (QED) is 0.657. The van der Waals surface area contributed by atoms with E-state index in [0.29, 0.717) is 0 Å². The second-order valence-corrected chi connectivity index (χ2v) is 6.91. The normalized spacial score (nSPS) is 39.6. The Balaban J connectivity index is 1.50. The Bertz CT molecular complexity index is 296. The van der Waals surface area contributed by atoms with E-state index in [1.165, 1.54) is 58.0 Å². The lowest BCUT2D eigenvalue weighted by atomic mass is 9.90. The Kier molecular flexibility index (Phi) is 4.08. The van der Waals surface area contributed by atoms with Crippen LogP contribution in [0.25, 0.3) is 0 Å². The zero-order valence-corrected chi connectivity index (χ0v) is 12.0. The average Bonchev–Trinajstić information content (AvgIpc) is 3.17. The summed E-state index contributed by atoms with van der Waals surface area (Å²) in [6, 6.07) is 0.994. The summed E-state index contributed by atoms with van der Waals surface area (Å²) in [5, 5.41) is 0. The standard InChI is InChI=1S/C17H29N/c1-2-3-7-15-10-16-11-17(16)18(13-15)12-14-8-5-4-6-9-14/h4-5,14-17H,2-3,6-13H2,1H3. The molecule has 3 aliphatic rings. The minimum absolute atomic E-state index is 0.959. The van der Waals surface area contributed by atoms with Crippen molar-refractivity contribution >= 4 is 0 Å². The van der Waals surface area contributed by atoms with Gasteiger partial charge < -0.3 is 0 Å². The van der Waals surface area contributed by atoms with Crippen molar-refractivity contribution in [2.75, 3.05) is 13.1 Å². The molecule has 0 aromatic heterocycles. The van der Waals surface area contributed by atoms with Gasteiger partial charge in [-0.15, -0.1) is 0 Å². The third-order valence-corrected chi connectivity index (χ3v) is 5.32. The molecule has 1 heterocycles. The van der Waals surface area contributed by atoms with Gasteiger partial charge in [0.15, 0.2) is 0 Å². The Morgan fingerprint density at radius 1 is 1.17 bits per heavy atom. The highest BCUT2D eigenvalue weighted by atomic mass is 15.2. The lowest BCUT2D eigenvalue weighted by Gasteiger charge is -2.35. The summed E-state index contributed by atoms with van der Waals surface area (Å²) in [6.45, 7) is 5.14. The van der Waals surface area contributed by atoms with Crippen LogP contribution in [0.2, 0.25) is 0 Å². The second kappa shape index (κ2) is 5.77. The fourth-order valence-corrected chi connectivity index (χ4v) is 4.17. The van der Waals surface area contributed by atoms with E-state index in [4.69, 9.17) is 0 Å². The molecule has 1 aliphatic heterocycles. The van der Waals surface area contributed by atoms with E-state index >= 15 is 0 Å². The maximum Gasteiger partial charge on any atom is 0.0128 e. The van der Waals surface area contributed by atoms with Crippen LogP contribution in [-0.2, 0) is 0 Å². The van der Waals surface area contributed by atoms with Crippen molar-refractivity contribution in [2.45, 2.75) is 64.3 Å². The van der Waals surface area contributed by atoms with Crippen LogP contribution in [0.5, 0.6) is 0 Å². The first-order valence-electron chi connectivity index (χ1n) is 8.26. The Hall–Kier alpha value is -0.300. The van der Waals surface area contributed by atoms with Crippen LogP contribution < -0.4 is 0 Å². The number of hydrogen-bond acceptors (Lipinski definition) is 1. The molecule has 18 heavy (non-hydrogen) atoms. The Labute approximate surface area is 113 Å². The molecule has 1 saturated heterocycles. The summed E-state index contributed by atoms with van der Waals surface area (Å²) in [6.07, 6.45) is 16.3. The van der Waals surface area contributed by atoms with Crippen LogP contribution in [0.1, 0.15) is 58.3 Å². The zero-order valence-electron chi connectivity index (χ0n) is 12.0. The summed E-state index contributed by atoms with van der Waals surface area (Å²) in [4.78, 5) is 2.87. The summed E-state index contributed by atoms with van der Waals surface area (Å²) in [5.74, 6) is 3.06. The van der Waals surface area contributed by atoms with Gasteiger partial charge in [0, 0.05) is 19.1 Å². The van der Waals surface area contributed by atoms with Gasteiger partial charge in [0.05, 0.1) is 0 Å². The van der Waals surface area contributed by atoms with Crippen molar-refractivity contribution < 1.29 is 0 Å². The molecule has 2 fully saturated rings. The van der Waals surface area contributed by atoms with E-state index < -0.39 is 0 Å². The van der Waals surface area contributed by atoms with Crippen LogP contribution in [0.3, 0.4) is 0 Å². The first-order valence-corrected chi connectivity index (χ1v) is 8.26. The van der Waals surface area contributed by atoms with Crippen molar-refractivity contribution in [3.8, 4) is 0 Å².